The Hall–Kier alpha value is -2.72. The van der Waals surface area contributed by atoms with Gasteiger partial charge in [-0.1, -0.05) is 36.4 Å². The molecule has 3 heteroatoms. The van der Waals surface area contributed by atoms with Crippen LogP contribution in [0.15, 0.2) is 48.5 Å². The van der Waals surface area contributed by atoms with E-state index in [4.69, 9.17) is 12.8 Å². The van der Waals surface area contributed by atoms with Crippen molar-refractivity contribution < 1.29 is 5.11 Å². The fraction of sp³-hybridized carbons (Fsp3) is 0.273. The number of terminal acetylenes is 2. The summed E-state index contributed by atoms with van der Waals surface area (Å²) in [5.74, 6) is 5.25. The second-order valence-corrected chi connectivity index (χ2v) is 6.22. The van der Waals surface area contributed by atoms with Gasteiger partial charge in [0.1, 0.15) is 0 Å². The van der Waals surface area contributed by atoms with E-state index in [2.05, 4.69) is 46.0 Å². The summed E-state index contributed by atoms with van der Waals surface area (Å²) in [6.45, 7) is 0.967. The van der Waals surface area contributed by atoms with E-state index < -0.39 is 6.10 Å². The molecule has 0 fully saturated rings. The summed E-state index contributed by atoms with van der Waals surface area (Å²) >= 11 is 0. The van der Waals surface area contributed by atoms with Gasteiger partial charge in [-0.05, 0) is 12.1 Å². The quantitative estimate of drug-likeness (QED) is 0.653. The molecular formula is C22H22N2O. The van der Waals surface area contributed by atoms with Crippen molar-refractivity contribution in [3.8, 4) is 24.7 Å². The molecule has 0 aliphatic rings. The summed E-state index contributed by atoms with van der Waals surface area (Å²) in [5, 5.41) is 16.2. The predicted molar refractivity (Wildman–Crippen MR) is 104 cm³/mol. The van der Waals surface area contributed by atoms with E-state index in [0.717, 1.165) is 11.0 Å². The first-order valence-corrected chi connectivity index (χ1v) is 8.49. The van der Waals surface area contributed by atoms with Crippen LogP contribution in [-0.4, -0.2) is 28.4 Å². The van der Waals surface area contributed by atoms with Crippen molar-refractivity contribution in [3.63, 3.8) is 0 Å². The molecule has 0 aliphatic heterocycles. The zero-order valence-corrected chi connectivity index (χ0v) is 14.2. The summed E-state index contributed by atoms with van der Waals surface area (Å²) in [4.78, 5) is 0. The third-order valence-electron chi connectivity index (χ3n) is 4.44. The molecule has 0 radical (unpaired) electrons. The Bertz CT molecular complexity index is 873. The Morgan fingerprint density at radius 2 is 1.44 bits per heavy atom. The van der Waals surface area contributed by atoms with Gasteiger partial charge < -0.3 is 15.0 Å². The maximum absolute atomic E-state index is 10.5. The lowest BCUT2D eigenvalue weighted by molar-refractivity contribution is 0.150. The summed E-state index contributed by atoms with van der Waals surface area (Å²) < 4.78 is 2.17. The van der Waals surface area contributed by atoms with Gasteiger partial charge in [-0.2, -0.15) is 0 Å². The first-order chi connectivity index (χ1) is 12.2. The number of hydrogen-bond acceptors (Lipinski definition) is 2. The van der Waals surface area contributed by atoms with Crippen LogP contribution in [0.1, 0.15) is 12.8 Å². The number of rotatable bonds is 7. The highest BCUT2D eigenvalue weighted by molar-refractivity contribution is 6.07. The number of nitrogens with one attached hydrogen (secondary N) is 1. The maximum Gasteiger partial charge on any atom is 0.0843 e. The number of aliphatic hydroxyl groups is 1. The van der Waals surface area contributed by atoms with Gasteiger partial charge in [0.25, 0.3) is 0 Å². The van der Waals surface area contributed by atoms with Crippen molar-refractivity contribution in [2.45, 2.75) is 31.5 Å². The number of fused-ring (bicyclic) bond motifs is 3. The van der Waals surface area contributed by atoms with Crippen LogP contribution in [0.4, 0.5) is 0 Å². The van der Waals surface area contributed by atoms with Gasteiger partial charge in [-0.3, -0.25) is 0 Å². The minimum absolute atomic E-state index is 0.0443. The number of nitrogens with zero attached hydrogens (tertiary/aromatic N) is 1. The van der Waals surface area contributed by atoms with Crippen molar-refractivity contribution in [2.24, 2.45) is 0 Å². The summed E-state index contributed by atoms with van der Waals surface area (Å²) in [5.41, 5.74) is 2.26. The zero-order valence-electron chi connectivity index (χ0n) is 14.2. The van der Waals surface area contributed by atoms with Crippen LogP contribution < -0.4 is 5.32 Å². The Balaban J connectivity index is 1.80. The van der Waals surface area contributed by atoms with E-state index in [0.29, 0.717) is 25.9 Å². The summed E-state index contributed by atoms with van der Waals surface area (Å²) in [6, 6.07) is 16.6. The highest BCUT2D eigenvalue weighted by Crippen LogP contribution is 2.28. The van der Waals surface area contributed by atoms with Gasteiger partial charge in [0, 0.05) is 47.2 Å². The third-order valence-corrected chi connectivity index (χ3v) is 4.44. The summed E-state index contributed by atoms with van der Waals surface area (Å²) in [6.07, 6.45) is 11.3. The normalized spacial score (nSPS) is 12.3. The van der Waals surface area contributed by atoms with E-state index in [1.807, 2.05) is 24.3 Å². The SMILES string of the molecule is C#CCC(CC#C)NCC(O)Cn1c2ccccc2c2ccccc21. The van der Waals surface area contributed by atoms with Crippen LogP contribution in [0.5, 0.6) is 0 Å². The number of aromatic nitrogens is 1. The maximum atomic E-state index is 10.5. The second-order valence-electron chi connectivity index (χ2n) is 6.22. The van der Waals surface area contributed by atoms with E-state index >= 15 is 0 Å². The molecule has 126 valence electrons. The number of para-hydroxylation sites is 2. The third kappa shape index (κ3) is 3.69. The average molecular weight is 330 g/mol. The van der Waals surface area contributed by atoms with Gasteiger partial charge >= 0.3 is 0 Å². The summed E-state index contributed by atoms with van der Waals surface area (Å²) in [7, 11) is 0. The highest BCUT2D eigenvalue weighted by Gasteiger charge is 2.14. The highest BCUT2D eigenvalue weighted by atomic mass is 16.3. The topological polar surface area (TPSA) is 37.2 Å². The van der Waals surface area contributed by atoms with Crippen molar-refractivity contribution >= 4 is 21.8 Å². The molecule has 0 spiro atoms. The van der Waals surface area contributed by atoms with Crippen LogP contribution >= 0.6 is 0 Å². The minimum atomic E-state index is -0.530. The van der Waals surface area contributed by atoms with E-state index in [1.54, 1.807) is 0 Å². The van der Waals surface area contributed by atoms with Gasteiger partial charge in [0.05, 0.1) is 12.6 Å². The molecule has 0 saturated heterocycles. The van der Waals surface area contributed by atoms with Gasteiger partial charge in [0.2, 0.25) is 0 Å². The molecule has 3 rings (SSSR count). The fourth-order valence-electron chi connectivity index (χ4n) is 3.28. The standard InChI is InChI=1S/C22H22N2O/c1-3-9-17(10-4-2)23-15-18(25)16-24-21-13-7-5-11-19(21)20-12-6-8-14-22(20)24/h1-2,5-8,11-14,17-18,23,25H,9-10,15-16H2. The van der Waals surface area contributed by atoms with Crippen LogP contribution in [0.3, 0.4) is 0 Å². The molecule has 1 heterocycles. The molecule has 1 unspecified atom stereocenters. The monoisotopic (exact) mass is 330 g/mol. The molecule has 0 aliphatic carbocycles. The van der Waals surface area contributed by atoms with E-state index in [-0.39, 0.29) is 6.04 Å². The lowest BCUT2D eigenvalue weighted by atomic mass is 10.1. The molecule has 2 aromatic carbocycles. The molecule has 1 aromatic heterocycles. The largest absolute Gasteiger partial charge is 0.390 e. The van der Waals surface area contributed by atoms with Gasteiger partial charge in [-0.25, -0.2) is 0 Å². The first-order valence-electron chi connectivity index (χ1n) is 8.49. The predicted octanol–water partition coefficient (Wildman–Crippen LogP) is 3.16. The van der Waals surface area contributed by atoms with Crippen molar-refractivity contribution in [3.05, 3.63) is 48.5 Å². The van der Waals surface area contributed by atoms with Crippen molar-refractivity contribution in [2.75, 3.05) is 6.54 Å². The number of aliphatic hydroxyl groups excluding tert-OH is 1. The lowest BCUT2D eigenvalue weighted by Gasteiger charge is -2.18. The number of benzene rings is 2. The van der Waals surface area contributed by atoms with Crippen molar-refractivity contribution in [1.29, 1.82) is 0 Å². The zero-order chi connectivity index (χ0) is 17.6. The molecule has 0 saturated carbocycles. The second kappa shape index (κ2) is 7.90. The molecular weight excluding hydrogens is 308 g/mol. The Morgan fingerprint density at radius 1 is 0.920 bits per heavy atom. The fourth-order valence-corrected chi connectivity index (χ4v) is 3.28. The van der Waals surface area contributed by atoms with Crippen LogP contribution in [0.2, 0.25) is 0 Å². The minimum Gasteiger partial charge on any atom is -0.390 e. The Labute approximate surface area is 148 Å². The average Bonchev–Trinajstić information content (AvgIpc) is 2.95. The molecule has 25 heavy (non-hydrogen) atoms. The Kier molecular flexibility index (Phi) is 5.41. The first kappa shape index (κ1) is 17.1. The molecule has 3 aromatic rings. The van der Waals surface area contributed by atoms with Gasteiger partial charge in [-0.15, -0.1) is 24.7 Å². The van der Waals surface area contributed by atoms with Crippen molar-refractivity contribution in [1.82, 2.24) is 9.88 Å². The molecule has 2 N–H and O–H groups in total. The molecule has 3 nitrogen and oxygen atoms in total. The smallest absolute Gasteiger partial charge is 0.0843 e. The lowest BCUT2D eigenvalue weighted by Crippen LogP contribution is -2.37. The molecule has 0 bridgehead atoms. The molecule has 0 amide bonds. The van der Waals surface area contributed by atoms with Crippen LogP contribution in [-0.2, 0) is 6.54 Å². The Morgan fingerprint density at radius 3 is 1.96 bits per heavy atom. The number of hydrogen-bond donors (Lipinski definition) is 2. The van der Waals surface area contributed by atoms with Crippen LogP contribution in [0, 0.1) is 24.7 Å². The van der Waals surface area contributed by atoms with E-state index in [1.165, 1.54) is 10.8 Å². The van der Waals surface area contributed by atoms with E-state index in [9.17, 15) is 5.11 Å². The van der Waals surface area contributed by atoms with Gasteiger partial charge in [0.15, 0.2) is 0 Å². The van der Waals surface area contributed by atoms with Crippen LogP contribution in [0.25, 0.3) is 21.8 Å². The molecule has 1 atom stereocenters.